The number of anilines is 1. The first-order valence-electron chi connectivity index (χ1n) is 9.30. The number of nitrogens with zero attached hydrogens (tertiary/aromatic N) is 4. The number of imidazole rings is 1. The van der Waals surface area contributed by atoms with E-state index in [0.29, 0.717) is 12.1 Å². The number of hydrogen-bond acceptors (Lipinski definition) is 5. The van der Waals surface area contributed by atoms with Gasteiger partial charge in [0.2, 0.25) is 0 Å². The molecule has 0 saturated carbocycles. The van der Waals surface area contributed by atoms with Crippen molar-refractivity contribution >= 4 is 17.4 Å². The van der Waals surface area contributed by atoms with Crippen LogP contribution in [-0.2, 0) is 6.54 Å². The molecule has 1 saturated heterocycles. The minimum absolute atomic E-state index is 0.0193. The average Bonchev–Trinajstić information content (AvgIpc) is 3.28. The number of amides is 1. The summed E-state index contributed by atoms with van der Waals surface area (Å²) in [7, 11) is 0. The first kappa shape index (κ1) is 16.1. The van der Waals surface area contributed by atoms with Crippen molar-refractivity contribution < 1.29 is 9.53 Å². The molecule has 0 bridgehead atoms. The van der Waals surface area contributed by atoms with Gasteiger partial charge in [0.15, 0.2) is 0 Å². The van der Waals surface area contributed by atoms with Crippen LogP contribution in [0.5, 0.6) is 5.75 Å². The molecule has 3 aromatic heterocycles. The third-order valence-electron chi connectivity index (χ3n) is 5.33. The second-order valence-electron chi connectivity index (χ2n) is 7.17. The molecule has 1 amide bonds. The second-order valence-corrected chi connectivity index (χ2v) is 7.17. The van der Waals surface area contributed by atoms with Crippen molar-refractivity contribution in [2.45, 2.75) is 32.4 Å². The van der Waals surface area contributed by atoms with Gasteiger partial charge in [-0.3, -0.25) is 4.79 Å². The molecular weight excluding hydrogens is 342 g/mol. The number of hydrogen-bond donors (Lipinski definition) is 1. The predicted octanol–water partition coefficient (Wildman–Crippen LogP) is 2.33. The standard InChI is InChI=1S/C20H21N5O2/c1-13-10-16-17(11-22-20(16)26)23-19(13)24-7-4-14(5-8-24)27-15-2-3-18-21-6-9-25(18)12-15/h2-3,6,9-10,12,14H,4-5,7-8,11H2,1H3,(H,22,26). The molecule has 3 aromatic rings. The molecular formula is C20H21N5O2. The van der Waals surface area contributed by atoms with Gasteiger partial charge in [-0.1, -0.05) is 0 Å². The summed E-state index contributed by atoms with van der Waals surface area (Å²) in [6.45, 7) is 4.34. The molecule has 5 rings (SSSR count). The van der Waals surface area contributed by atoms with Crippen molar-refractivity contribution in [3.63, 3.8) is 0 Å². The van der Waals surface area contributed by atoms with Crippen molar-refractivity contribution in [3.05, 3.63) is 53.6 Å². The van der Waals surface area contributed by atoms with Gasteiger partial charge in [0.25, 0.3) is 5.91 Å². The fraction of sp³-hybridized carbons (Fsp3) is 0.350. The van der Waals surface area contributed by atoms with Crippen molar-refractivity contribution in [2.24, 2.45) is 0 Å². The summed E-state index contributed by atoms with van der Waals surface area (Å²) in [5.74, 6) is 1.84. The van der Waals surface area contributed by atoms with E-state index in [9.17, 15) is 4.79 Å². The van der Waals surface area contributed by atoms with Gasteiger partial charge in [-0.25, -0.2) is 9.97 Å². The summed E-state index contributed by atoms with van der Waals surface area (Å²) in [5, 5.41) is 2.84. The maximum absolute atomic E-state index is 11.8. The number of aromatic nitrogens is 3. The quantitative estimate of drug-likeness (QED) is 0.773. The fourth-order valence-electron chi connectivity index (χ4n) is 3.90. The molecule has 2 aliphatic rings. The van der Waals surface area contributed by atoms with Crippen molar-refractivity contribution in [1.82, 2.24) is 19.7 Å². The molecule has 1 N–H and O–H groups in total. The summed E-state index contributed by atoms with van der Waals surface area (Å²) in [6.07, 6.45) is 7.76. The normalized spacial score (nSPS) is 17.2. The third kappa shape index (κ3) is 2.89. The van der Waals surface area contributed by atoms with Gasteiger partial charge in [0.05, 0.1) is 24.0 Å². The van der Waals surface area contributed by atoms with Gasteiger partial charge in [-0.2, -0.15) is 0 Å². The van der Waals surface area contributed by atoms with Crippen molar-refractivity contribution in [2.75, 3.05) is 18.0 Å². The zero-order chi connectivity index (χ0) is 18.4. The van der Waals surface area contributed by atoms with E-state index < -0.39 is 0 Å². The smallest absolute Gasteiger partial charge is 0.253 e. The molecule has 0 aromatic carbocycles. The Kier molecular flexibility index (Phi) is 3.74. The first-order valence-corrected chi connectivity index (χ1v) is 9.30. The van der Waals surface area contributed by atoms with E-state index >= 15 is 0 Å². The lowest BCUT2D eigenvalue weighted by atomic mass is 10.1. The van der Waals surface area contributed by atoms with Crippen LogP contribution in [0.1, 0.15) is 34.5 Å². The molecule has 7 nitrogen and oxygen atoms in total. The van der Waals surface area contributed by atoms with Crippen LogP contribution < -0.4 is 15.0 Å². The molecule has 0 spiro atoms. The van der Waals surface area contributed by atoms with E-state index in [1.54, 1.807) is 6.20 Å². The predicted molar refractivity (Wildman–Crippen MR) is 101 cm³/mol. The Morgan fingerprint density at radius 1 is 1.26 bits per heavy atom. The number of nitrogens with one attached hydrogen (secondary N) is 1. The van der Waals surface area contributed by atoms with Crippen LogP contribution in [0.15, 0.2) is 36.8 Å². The number of ether oxygens (including phenoxy) is 1. The number of piperidine rings is 1. The van der Waals surface area contributed by atoms with Crippen LogP contribution in [-0.4, -0.2) is 39.5 Å². The van der Waals surface area contributed by atoms with Gasteiger partial charge in [-0.05, 0) is 30.7 Å². The molecule has 0 radical (unpaired) electrons. The van der Waals surface area contributed by atoms with Gasteiger partial charge in [0, 0.05) is 38.3 Å². The van der Waals surface area contributed by atoms with E-state index in [-0.39, 0.29) is 12.0 Å². The summed E-state index contributed by atoms with van der Waals surface area (Å²) >= 11 is 0. The topological polar surface area (TPSA) is 71.8 Å². The molecule has 5 heterocycles. The lowest BCUT2D eigenvalue weighted by molar-refractivity contribution is 0.0965. The second kappa shape index (κ2) is 6.26. The van der Waals surface area contributed by atoms with Crippen LogP contribution in [0, 0.1) is 6.92 Å². The van der Waals surface area contributed by atoms with Gasteiger partial charge in [0.1, 0.15) is 23.3 Å². The molecule has 2 aliphatic heterocycles. The first-order chi connectivity index (χ1) is 13.2. The lowest BCUT2D eigenvalue weighted by Crippen LogP contribution is -2.39. The highest BCUT2D eigenvalue weighted by molar-refractivity contribution is 5.98. The average molecular weight is 363 g/mol. The number of fused-ring (bicyclic) bond motifs is 2. The van der Waals surface area contributed by atoms with Gasteiger partial charge >= 0.3 is 0 Å². The molecule has 0 unspecified atom stereocenters. The number of rotatable bonds is 3. The molecule has 0 aliphatic carbocycles. The van der Waals surface area contributed by atoms with Crippen LogP contribution >= 0.6 is 0 Å². The number of carbonyl (C=O) groups is 1. The molecule has 1 fully saturated rings. The van der Waals surface area contributed by atoms with E-state index in [4.69, 9.17) is 9.72 Å². The molecule has 7 heteroatoms. The number of pyridine rings is 2. The SMILES string of the molecule is Cc1cc2c(nc1N1CCC(Oc3ccc4nccn4c3)CC1)CNC2=O. The molecule has 138 valence electrons. The largest absolute Gasteiger partial charge is 0.489 e. The van der Waals surface area contributed by atoms with Crippen LogP contribution in [0.3, 0.4) is 0 Å². The third-order valence-corrected chi connectivity index (χ3v) is 5.33. The van der Waals surface area contributed by atoms with E-state index in [1.165, 1.54) is 0 Å². The lowest BCUT2D eigenvalue weighted by Gasteiger charge is -2.34. The molecule has 0 atom stereocenters. The highest BCUT2D eigenvalue weighted by Crippen LogP contribution is 2.27. The zero-order valence-electron chi connectivity index (χ0n) is 15.2. The highest BCUT2D eigenvalue weighted by atomic mass is 16.5. The maximum Gasteiger partial charge on any atom is 0.253 e. The summed E-state index contributed by atoms with van der Waals surface area (Å²) in [4.78, 5) is 23.1. The van der Waals surface area contributed by atoms with Crippen molar-refractivity contribution in [1.29, 1.82) is 0 Å². The van der Waals surface area contributed by atoms with E-state index in [1.807, 2.05) is 41.9 Å². The zero-order valence-corrected chi connectivity index (χ0v) is 15.2. The minimum Gasteiger partial charge on any atom is -0.489 e. The minimum atomic E-state index is -0.0193. The van der Waals surface area contributed by atoms with Gasteiger partial charge < -0.3 is 19.4 Å². The molecule has 27 heavy (non-hydrogen) atoms. The summed E-state index contributed by atoms with van der Waals surface area (Å²) in [5.41, 5.74) is 3.54. The maximum atomic E-state index is 11.8. The summed E-state index contributed by atoms with van der Waals surface area (Å²) in [6, 6.07) is 5.91. The Morgan fingerprint density at radius 3 is 2.96 bits per heavy atom. The van der Waals surface area contributed by atoms with Crippen LogP contribution in [0.4, 0.5) is 5.82 Å². The summed E-state index contributed by atoms with van der Waals surface area (Å²) < 4.78 is 8.15. The Labute approximate surface area is 157 Å². The number of carbonyl (C=O) groups excluding carboxylic acids is 1. The highest BCUT2D eigenvalue weighted by Gasteiger charge is 2.26. The van der Waals surface area contributed by atoms with Crippen LogP contribution in [0.2, 0.25) is 0 Å². The Hall–Kier alpha value is -3.09. The Bertz CT molecular complexity index is 1020. The number of aryl methyl sites for hydroxylation is 1. The Morgan fingerprint density at radius 2 is 2.11 bits per heavy atom. The van der Waals surface area contributed by atoms with Gasteiger partial charge in [-0.15, -0.1) is 0 Å². The monoisotopic (exact) mass is 363 g/mol. The Balaban J connectivity index is 1.27. The van der Waals surface area contributed by atoms with Crippen molar-refractivity contribution in [3.8, 4) is 5.75 Å². The fourth-order valence-corrected chi connectivity index (χ4v) is 3.90. The van der Waals surface area contributed by atoms with Crippen LogP contribution in [0.25, 0.3) is 5.65 Å². The van der Waals surface area contributed by atoms with E-state index in [0.717, 1.165) is 54.4 Å². The van der Waals surface area contributed by atoms with E-state index in [2.05, 4.69) is 15.2 Å².